The second-order valence-electron chi connectivity index (χ2n) is 11.4. The lowest BCUT2D eigenvalue weighted by atomic mass is 9.97. The van der Waals surface area contributed by atoms with Gasteiger partial charge in [-0.05, 0) is 61.6 Å². The number of nitrogens with zero attached hydrogens (tertiary/aromatic N) is 5. The molecule has 3 heterocycles. The fraction of sp³-hybridized carbons (Fsp3) is 0.294. The molecule has 2 aromatic carbocycles. The van der Waals surface area contributed by atoms with Gasteiger partial charge in [-0.25, -0.2) is 13.6 Å². The molecule has 0 aliphatic carbocycles. The number of rotatable bonds is 6. The summed E-state index contributed by atoms with van der Waals surface area (Å²) in [7, 11) is 0. The zero-order chi connectivity index (χ0) is 31.2. The van der Waals surface area contributed by atoms with Gasteiger partial charge in [-0.1, -0.05) is 57.3 Å². The first-order valence-electron chi connectivity index (χ1n) is 14.3. The van der Waals surface area contributed by atoms with Crippen molar-refractivity contribution in [3.63, 3.8) is 0 Å². The number of carbonyl (C=O) groups excluding carboxylic acids is 1. The van der Waals surface area contributed by atoms with Crippen molar-refractivity contribution in [1.29, 1.82) is 0 Å². The number of hydrogen-bond acceptors (Lipinski definition) is 5. The number of aromatic nitrogens is 3. The summed E-state index contributed by atoms with van der Waals surface area (Å²) >= 11 is 0. The highest BCUT2D eigenvalue weighted by Gasteiger charge is 2.35. The lowest BCUT2D eigenvalue weighted by molar-refractivity contribution is -0.129. The summed E-state index contributed by atoms with van der Waals surface area (Å²) in [5.74, 6) is -1.98. The summed E-state index contributed by atoms with van der Waals surface area (Å²) in [6.45, 7) is 17.1. The molecule has 4 aromatic rings. The van der Waals surface area contributed by atoms with Gasteiger partial charge in [0.25, 0.3) is 5.91 Å². The fourth-order valence-corrected chi connectivity index (χ4v) is 6.13. The molecule has 7 nitrogen and oxygen atoms in total. The SMILES string of the molecule is C=Cc1ccccc1-c1cc2c(cc1F)c(N1[C@@H](C)CN(C(=O)C(=C)F)C[C@@H]1C)nc(=O)n2-c1c(C)ccnc1C(C)C. The van der Waals surface area contributed by atoms with Crippen LogP contribution in [0.1, 0.15) is 50.4 Å². The maximum Gasteiger partial charge on any atom is 0.354 e. The summed E-state index contributed by atoms with van der Waals surface area (Å²) in [4.78, 5) is 39.0. The molecule has 9 heteroatoms. The third kappa shape index (κ3) is 5.24. The normalized spacial score (nSPS) is 17.0. The summed E-state index contributed by atoms with van der Waals surface area (Å²) < 4.78 is 31.4. The molecule has 1 saturated heterocycles. The Bertz CT molecular complexity index is 1820. The molecular formula is C34H35F2N5O2. The number of anilines is 1. The van der Waals surface area contributed by atoms with Gasteiger partial charge in [0.2, 0.25) is 0 Å². The van der Waals surface area contributed by atoms with Gasteiger partial charge in [0, 0.05) is 42.3 Å². The van der Waals surface area contributed by atoms with E-state index in [-0.39, 0.29) is 31.1 Å². The quantitative estimate of drug-likeness (QED) is 0.240. The number of amides is 1. The van der Waals surface area contributed by atoms with Crippen LogP contribution < -0.4 is 10.6 Å². The molecule has 0 radical (unpaired) electrons. The van der Waals surface area contributed by atoms with Crippen LogP contribution in [0.25, 0.3) is 33.8 Å². The lowest BCUT2D eigenvalue weighted by Crippen LogP contribution is -2.59. The first-order valence-corrected chi connectivity index (χ1v) is 14.3. The predicted molar refractivity (Wildman–Crippen MR) is 168 cm³/mol. The van der Waals surface area contributed by atoms with Gasteiger partial charge >= 0.3 is 5.69 Å². The summed E-state index contributed by atoms with van der Waals surface area (Å²) in [5, 5.41) is 0.434. The van der Waals surface area contributed by atoms with Gasteiger partial charge in [0.05, 0.1) is 16.9 Å². The molecule has 0 saturated carbocycles. The molecule has 1 aliphatic rings. The molecule has 222 valence electrons. The minimum absolute atomic E-state index is 0.00569. The van der Waals surface area contributed by atoms with Crippen molar-refractivity contribution < 1.29 is 13.6 Å². The van der Waals surface area contributed by atoms with E-state index in [1.54, 1.807) is 18.3 Å². The molecule has 0 unspecified atom stereocenters. The van der Waals surface area contributed by atoms with Crippen LogP contribution in [-0.4, -0.2) is 50.5 Å². The predicted octanol–water partition coefficient (Wildman–Crippen LogP) is 6.57. The molecule has 2 aromatic heterocycles. The number of pyridine rings is 1. The van der Waals surface area contributed by atoms with Gasteiger partial charge in [-0.15, -0.1) is 0 Å². The van der Waals surface area contributed by atoms with Gasteiger partial charge in [-0.3, -0.25) is 14.3 Å². The van der Waals surface area contributed by atoms with Gasteiger partial charge < -0.3 is 9.80 Å². The summed E-state index contributed by atoms with van der Waals surface area (Å²) in [6, 6.07) is 11.6. The second kappa shape index (κ2) is 11.6. The van der Waals surface area contributed by atoms with E-state index in [0.29, 0.717) is 33.5 Å². The number of halogens is 2. The van der Waals surface area contributed by atoms with Gasteiger partial charge in [0.1, 0.15) is 11.6 Å². The molecule has 2 atom stereocenters. The van der Waals surface area contributed by atoms with E-state index in [4.69, 9.17) is 0 Å². The second-order valence-corrected chi connectivity index (χ2v) is 11.4. The third-order valence-corrected chi connectivity index (χ3v) is 8.04. The maximum absolute atomic E-state index is 16.2. The van der Waals surface area contributed by atoms with Crippen LogP contribution in [0.4, 0.5) is 14.6 Å². The van der Waals surface area contributed by atoms with E-state index in [0.717, 1.165) is 16.8 Å². The van der Waals surface area contributed by atoms with Crippen LogP contribution in [0.3, 0.4) is 0 Å². The minimum Gasteiger partial charge on any atom is -0.347 e. The number of benzene rings is 2. The number of fused-ring (bicyclic) bond motifs is 1. The van der Waals surface area contributed by atoms with Crippen LogP contribution in [0.2, 0.25) is 0 Å². The minimum atomic E-state index is -1.03. The Morgan fingerprint density at radius 3 is 2.40 bits per heavy atom. The highest BCUT2D eigenvalue weighted by Crippen LogP contribution is 2.37. The lowest BCUT2D eigenvalue weighted by Gasteiger charge is -2.45. The molecule has 1 fully saturated rings. The molecule has 0 bridgehead atoms. The Morgan fingerprint density at radius 2 is 1.77 bits per heavy atom. The zero-order valence-corrected chi connectivity index (χ0v) is 25.1. The van der Waals surface area contributed by atoms with Crippen molar-refractivity contribution >= 4 is 28.7 Å². The Kier molecular flexibility index (Phi) is 8.01. The average Bonchev–Trinajstić information content (AvgIpc) is 2.96. The average molecular weight is 584 g/mol. The molecule has 0 spiro atoms. The Morgan fingerprint density at radius 1 is 1.09 bits per heavy atom. The van der Waals surface area contributed by atoms with E-state index < -0.39 is 23.2 Å². The number of hydrogen-bond donors (Lipinski definition) is 0. The molecule has 0 N–H and O–H groups in total. The van der Waals surface area contributed by atoms with Crippen molar-refractivity contribution in [1.82, 2.24) is 19.4 Å². The van der Waals surface area contributed by atoms with Crippen molar-refractivity contribution in [3.05, 3.63) is 101 Å². The first kappa shape index (κ1) is 29.8. The standard InChI is InChI=1S/C34H35F2N5O2/c1-8-24-11-9-10-12-25(24)26-16-29-27(15-28(26)36)32(40-21(5)17-39(18-22(40)6)33(42)23(7)35)38-34(43)41(29)31-20(4)13-14-37-30(31)19(2)3/h8-16,19,21-22H,1,7,17-18H2,2-6H3/t21-,22-/m0/s1. The topological polar surface area (TPSA) is 71.3 Å². The van der Waals surface area contributed by atoms with E-state index in [1.807, 2.05) is 69.9 Å². The van der Waals surface area contributed by atoms with Crippen molar-refractivity contribution in [2.24, 2.45) is 0 Å². The Labute approximate surface area is 249 Å². The van der Waals surface area contributed by atoms with Crippen molar-refractivity contribution in [3.8, 4) is 16.8 Å². The molecular weight excluding hydrogens is 548 g/mol. The zero-order valence-electron chi connectivity index (χ0n) is 25.1. The fourth-order valence-electron chi connectivity index (χ4n) is 6.13. The molecule has 1 amide bonds. The summed E-state index contributed by atoms with van der Waals surface area (Å²) in [5.41, 5.74) is 3.80. The largest absolute Gasteiger partial charge is 0.354 e. The van der Waals surface area contributed by atoms with E-state index >= 15 is 4.39 Å². The summed E-state index contributed by atoms with van der Waals surface area (Å²) in [6.07, 6.45) is 3.38. The maximum atomic E-state index is 16.2. The smallest absolute Gasteiger partial charge is 0.347 e. The monoisotopic (exact) mass is 583 g/mol. The third-order valence-electron chi connectivity index (χ3n) is 8.04. The first-order chi connectivity index (χ1) is 20.4. The van der Waals surface area contributed by atoms with E-state index in [1.165, 1.54) is 15.5 Å². The van der Waals surface area contributed by atoms with E-state index in [9.17, 15) is 14.0 Å². The molecule has 1 aliphatic heterocycles. The van der Waals surface area contributed by atoms with Gasteiger partial charge in [0.15, 0.2) is 5.83 Å². The Balaban J connectivity index is 1.83. The highest BCUT2D eigenvalue weighted by molar-refractivity contribution is 5.95. The van der Waals surface area contributed by atoms with Crippen LogP contribution in [0.15, 0.2) is 72.4 Å². The Hall–Kier alpha value is -4.66. The highest BCUT2D eigenvalue weighted by atomic mass is 19.1. The van der Waals surface area contributed by atoms with Crippen molar-refractivity contribution in [2.75, 3.05) is 18.0 Å². The number of piperazine rings is 1. The van der Waals surface area contributed by atoms with E-state index in [2.05, 4.69) is 23.1 Å². The van der Waals surface area contributed by atoms with Crippen molar-refractivity contribution in [2.45, 2.75) is 52.6 Å². The van der Waals surface area contributed by atoms with Crippen LogP contribution in [-0.2, 0) is 4.79 Å². The number of aryl methyl sites for hydroxylation is 1. The number of carbonyl (C=O) groups is 1. The van der Waals surface area contributed by atoms with Crippen LogP contribution >= 0.6 is 0 Å². The molecule has 43 heavy (non-hydrogen) atoms. The van der Waals surface area contributed by atoms with Crippen LogP contribution in [0.5, 0.6) is 0 Å². The van der Waals surface area contributed by atoms with Gasteiger partial charge in [-0.2, -0.15) is 4.98 Å². The molecule has 5 rings (SSSR count). The van der Waals surface area contributed by atoms with Crippen LogP contribution in [0, 0.1) is 12.7 Å².